The van der Waals surface area contributed by atoms with Crippen LogP contribution in [-0.2, 0) is 4.79 Å². The van der Waals surface area contributed by atoms with Gasteiger partial charge in [-0.25, -0.2) is 0 Å². The number of aliphatic hydroxyl groups excluding tert-OH is 1. The molecule has 0 saturated heterocycles. The van der Waals surface area contributed by atoms with Gasteiger partial charge in [0.1, 0.15) is 5.76 Å². The molecule has 0 aliphatic heterocycles. The van der Waals surface area contributed by atoms with Crippen molar-refractivity contribution in [1.82, 2.24) is 0 Å². The van der Waals surface area contributed by atoms with Crippen LogP contribution in [-0.4, -0.2) is 10.9 Å². The van der Waals surface area contributed by atoms with Crippen molar-refractivity contribution in [3.63, 3.8) is 0 Å². The Bertz CT molecular complexity index is 1060. The Morgan fingerprint density at radius 2 is 1.16 bits per heavy atom. The summed E-state index contributed by atoms with van der Waals surface area (Å²) in [7, 11) is 0. The first-order valence-corrected chi connectivity index (χ1v) is 19.5. The molecule has 2 aliphatic carbocycles. The second-order valence-corrected chi connectivity index (χ2v) is 14.9. The molecule has 0 radical (unpaired) electrons. The average Bonchev–Trinajstić information content (AvgIpc) is 3.03. The average molecular weight is 621 g/mol. The summed E-state index contributed by atoms with van der Waals surface area (Å²) in [4.78, 5) is 14.7. The molecule has 5 unspecified atom stereocenters. The van der Waals surface area contributed by atoms with Gasteiger partial charge < -0.3 is 5.11 Å². The van der Waals surface area contributed by atoms with Gasteiger partial charge in [-0.15, -0.1) is 0 Å². The first-order valence-electron chi connectivity index (χ1n) is 19.5. The molecule has 0 amide bonds. The molecule has 0 aromatic carbocycles. The van der Waals surface area contributed by atoms with Gasteiger partial charge in [-0.1, -0.05) is 157 Å². The Balaban J connectivity index is 2.68. The summed E-state index contributed by atoms with van der Waals surface area (Å²) in [6.45, 7) is 20.4. The van der Waals surface area contributed by atoms with E-state index in [1.165, 1.54) is 69.8 Å². The van der Waals surface area contributed by atoms with E-state index in [9.17, 15) is 9.90 Å². The molecule has 2 aliphatic rings. The molecule has 0 aromatic heterocycles. The summed E-state index contributed by atoms with van der Waals surface area (Å²) in [6.07, 6.45) is 28.7. The zero-order valence-electron chi connectivity index (χ0n) is 31.2. The third-order valence-electron chi connectivity index (χ3n) is 10.8. The summed E-state index contributed by atoms with van der Waals surface area (Å²) in [5.41, 5.74) is 6.40. The highest BCUT2D eigenvalue weighted by Gasteiger charge is 2.37. The lowest BCUT2D eigenvalue weighted by molar-refractivity contribution is -0.112. The van der Waals surface area contributed by atoms with Gasteiger partial charge in [0.05, 0.1) is 0 Å². The molecule has 0 spiro atoms. The highest BCUT2D eigenvalue weighted by Crippen LogP contribution is 2.46. The molecule has 2 nitrogen and oxygen atoms in total. The first-order chi connectivity index (χ1) is 21.6. The van der Waals surface area contributed by atoms with E-state index in [0.29, 0.717) is 17.6 Å². The summed E-state index contributed by atoms with van der Waals surface area (Å²) in [5.74, 6) is 2.07. The smallest absolute Gasteiger partial charge is 0.189 e. The minimum Gasteiger partial charge on any atom is -0.507 e. The molecule has 256 valence electrons. The van der Waals surface area contributed by atoms with Crippen molar-refractivity contribution < 1.29 is 9.90 Å². The maximum atomic E-state index is 14.7. The third-order valence-corrected chi connectivity index (χ3v) is 10.8. The molecule has 1 N–H and O–H groups in total. The van der Waals surface area contributed by atoms with Crippen molar-refractivity contribution in [2.24, 2.45) is 29.6 Å². The number of hydrogen-bond acceptors (Lipinski definition) is 2. The maximum Gasteiger partial charge on any atom is 0.189 e. The minimum atomic E-state index is 0.150. The zero-order valence-corrected chi connectivity index (χ0v) is 31.2. The van der Waals surface area contributed by atoms with E-state index in [2.05, 4.69) is 80.5 Å². The molecule has 2 rings (SSSR count). The fourth-order valence-corrected chi connectivity index (χ4v) is 7.54. The second kappa shape index (κ2) is 21.1. The molecule has 0 fully saturated rings. The fraction of sp³-hybridized carbons (Fsp3) is 0.744. The molecule has 0 bridgehead atoms. The monoisotopic (exact) mass is 621 g/mol. The van der Waals surface area contributed by atoms with Gasteiger partial charge in [-0.05, 0) is 79.1 Å². The van der Waals surface area contributed by atoms with Crippen LogP contribution in [0.3, 0.4) is 0 Å². The van der Waals surface area contributed by atoms with Crippen molar-refractivity contribution in [1.29, 1.82) is 0 Å². The standard InChI is InChI=1S/C43H72O2/c1-10-14-18-20-22-26-31(5)36-29-38(33(7)24-16-12-3)43(45)39(30-36)41-37(32(6)27-23-21-19-15-11-2)28-35(9)42(44)40(41)34(8)25-17-13-4/h28-34,37,44H,10-27H2,1-9H3. The quantitative estimate of drug-likeness (QED) is 0.0965. The SMILES string of the molecule is CCCCCCCC(C)C1=CC(=C2C(C(C)CCCC)=C(O)C(C)=CC2C(C)CCCCCCC)C(=O)C(C(C)CCCC)=C1. The van der Waals surface area contributed by atoms with Gasteiger partial charge in [0.25, 0.3) is 0 Å². The molecule has 0 saturated carbocycles. The van der Waals surface area contributed by atoms with Crippen molar-refractivity contribution >= 4 is 5.78 Å². The van der Waals surface area contributed by atoms with Crippen LogP contribution in [0.1, 0.15) is 178 Å². The van der Waals surface area contributed by atoms with Crippen molar-refractivity contribution in [2.75, 3.05) is 0 Å². The molecular formula is C43H72O2. The molecule has 0 aromatic rings. The van der Waals surface area contributed by atoms with Crippen LogP contribution in [0.4, 0.5) is 0 Å². The lowest BCUT2D eigenvalue weighted by atomic mass is 9.68. The van der Waals surface area contributed by atoms with Gasteiger partial charge in [0.2, 0.25) is 0 Å². The number of carbonyl (C=O) groups excluding carboxylic acids is 1. The number of Topliss-reactive ketones (excluding diaryl/α,β-unsaturated/α-hetero) is 1. The Morgan fingerprint density at radius 1 is 0.644 bits per heavy atom. The fourth-order valence-electron chi connectivity index (χ4n) is 7.54. The summed E-state index contributed by atoms with van der Waals surface area (Å²) >= 11 is 0. The van der Waals surface area contributed by atoms with Crippen molar-refractivity contribution in [2.45, 2.75) is 178 Å². The molecule has 45 heavy (non-hydrogen) atoms. The largest absolute Gasteiger partial charge is 0.507 e. The van der Waals surface area contributed by atoms with E-state index in [-0.39, 0.29) is 23.5 Å². The van der Waals surface area contributed by atoms with Crippen molar-refractivity contribution in [3.8, 4) is 0 Å². The van der Waals surface area contributed by atoms with Crippen LogP contribution in [0.5, 0.6) is 0 Å². The number of unbranched alkanes of at least 4 members (excludes halogenated alkanes) is 10. The van der Waals surface area contributed by atoms with Gasteiger partial charge >= 0.3 is 0 Å². The number of aliphatic hydroxyl groups is 1. The summed E-state index contributed by atoms with van der Waals surface area (Å²) < 4.78 is 0. The Labute approximate surface area is 280 Å². The van der Waals surface area contributed by atoms with E-state index in [1.807, 2.05) is 0 Å². The van der Waals surface area contributed by atoms with Gasteiger partial charge in [-0.3, -0.25) is 4.79 Å². The Hall–Kier alpha value is -1.83. The van der Waals surface area contributed by atoms with Crippen LogP contribution >= 0.6 is 0 Å². The minimum absolute atomic E-state index is 0.150. The summed E-state index contributed by atoms with van der Waals surface area (Å²) in [6, 6.07) is 0. The van der Waals surface area contributed by atoms with E-state index < -0.39 is 0 Å². The van der Waals surface area contributed by atoms with Crippen LogP contribution < -0.4 is 0 Å². The van der Waals surface area contributed by atoms with Crippen molar-refractivity contribution in [3.05, 3.63) is 57.4 Å². The van der Waals surface area contributed by atoms with E-state index in [0.717, 1.165) is 79.2 Å². The van der Waals surface area contributed by atoms with E-state index >= 15 is 0 Å². The van der Waals surface area contributed by atoms with Crippen LogP contribution in [0.25, 0.3) is 0 Å². The third kappa shape index (κ3) is 11.7. The molecular weight excluding hydrogens is 548 g/mol. The van der Waals surface area contributed by atoms with Crippen LogP contribution in [0, 0.1) is 29.6 Å². The molecule has 0 heterocycles. The van der Waals surface area contributed by atoms with Gasteiger partial charge in [0, 0.05) is 22.6 Å². The lowest BCUT2D eigenvalue weighted by Crippen LogP contribution is -2.27. The topological polar surface area (TPSA) is 37.3 Å². The molecule has 2 heteroatoms. The number of ketones is 1. The number of hydrogen-bond donors (Lipinski definition) is 1. The zero-order chi connectivity index (χ0) is 33.4. The predicted molar refractivity (Wildman–Crippen MR) is 198 cm³/mol. The van der Waals surface area contributed by atoms with Crippen LogP contribution in [0.15, 0.2) is 57.4 Å². The summed E-state index contributed by atoms with van der Waals surface area (Å²) in [5, 5.41) is 11.8. The maximum absolute atomic E-state index is 14.7. The Kier molecular flexibility index (Phi) is 18.5. The predicted octanol–water partition coefficient (Wildman–Crippen LogP) is 13.8. The van der Waals surface area contributed by atoms with Gasteiger partial charge in [0.15, 0.2) is 5.78 Å². The first kappa shape index (κ1) is 39.3. The second-order valence-electron chi connectivity index (χ2n) is 14.9. The van der Waals surface area contributed by atoms with Crippen LogP contribution in [0.2, 0.25) is 0 Å². The highest BCUT2D eigenvalue weighted by atomic mass is 16.3. The number of carbonyl (C=O) groups is 1. The number of rotatable bonds is 22. The normalized spacial score (nSPS) is 21.8. The lowest BCUT2D eigenvalue weighted by Gasteiger charge is -2.36. The molecule has 5 atom stereocenters. The van der Waals surface area contributed by atoms with E-state index in [4.69, 9.17) is 0 Å². The van der Waals surface area contributed by atoms with Gasteiger partial charge in [-0.2, -0.15) is 0 Å². The highest BCUT2D eigenvalue weighted by molar-refractivity contribution is 6.13. The Morgan fingerprint density at radius 3 is 1.73 bits per heavy atom. The number of allylic oxidation sites excluding steroid dienone is 9. The van der Waals surface area contributed by atoms with E-state index in [1.54, 1.807) is 0 Å².